The molecule has 0 heterocycles. The van der Waals surface area contributed by atoms with E-state index in [0.29, 0.717) is 0 Å². The maximum atomic E-state index is 10.8. The van der Waals surface area contributed by atoms with Crippen molar-refractivity contribution in [1.82, 2.24) is 0 Å². The molecule has 6 nitrogen and oxygen atoms in total. The molecule has 0 aliphatic rings. The Balaban J connectivity index is -0.0000000463. The summed E-state index contributed by atoms with van der Waals surface area (Å²) in [4.78, 5) is 26.4. The molecule has 0 saturated heterocycles. The van der Waals surface area contributed by atoms with Gasteiger partial charge in [-0.3, -0.25) is 0 Å². The SMILES string of the molecule is C=C([O-])C(F)(F)F.C=C([O-])C(F)(F)F.C=C([O-])C(F)(F)F.CC=O.CC=O.CC=O.[Al+3]. The van der Waals surface area contributed by atoms with Crippen LogP contribution in [0.2, 0.25) is 0 Å². The zero-order chi connectivity index (χ0) is 26.4. The van der Waals surface area contributed by atoms with Crippen molar-refractivity contribution in [3.63, 3.8) is 0 Å². The van der Waals surface area contributed by atoms with Gasteiger partial charge in [-0.05, 0) is 38.0 Å². The van der Waals surface area contributed by atoms with Crippen LogP contribution in [-0.4, -0.2) is 54.7 Å². The molecule has 0 aromatic rings. The van der Waals surface area contributed by atoms with Crippen LogP contribution < -0.4 is 15.3 Å². The van der Waals surface area contributed by atoms with Gasteiger partial charge < -0.3 is 29.7 Å². The first-order chi connectivity index (χ1) is 13.1. The molecule has 16 heteroatoms. The number of alkyl halides is 9. The van der Waals surface area contributed by atoms with E-state index in [1.807, 2.05) is 0 Å². The Morgan fingerprint density at radius 2 is 0.581 bits per heavy atom. The summed E-state index contributed by atoms with van der Waals surface area (Å²) in [5.74, 6) is -6.02. The number of allylic oxidation sites excluding steroid dienone is 3. The largest absolute Gasteiger partial charge is 3.00 e. The smallest absolute Gasteiger partial charge is 0.870 e. The third kappa shape index (κ3) is 74.4. The molecule has 0 aliphatic heterocycles. The Labute approximate surface area is 182 Å². The van der Waals surface area contributed by atoms with E-state index in [9.17, 15) is 54.8 Å². The Morgan fingerprint density at radius 3 is 0.581 bits per heavy atom. The summed E-state index contributed by atoms with van der Waals surface area (Å²) in [6, 6.07) is 0. The summed E-state index contributed by atoms with van der Waals surface area (Å²) in [7, 11) is 0. The molecule has 180 valence electrons. The van der Waals surface area contributed by atoms with Gasteiger partial charge in [0.25, 0.3) is 0 Å². The molecule has 0 bridgehead atoms. The Kier molecular flexibility index (Phi) is 38.5. The molecule has 0 unspecified atom stereocenters. The predicted molar refractivity (Wildman–Crippen MR) is 86.6 cm³/mol. The fraction of sp³-hybridized carbons (Fsp3) is 0.400. The van der Waals surface area contributed by atoms with Gasteiger partial charge in [-0.1, -0.05) is 0 Å². The van der Waals surface area contributed by atoms with Crippen molar-refractivity contribution in [2.75, 3.05) is 0 Å². The van der Waals surface area contributed by atoms with E-state index in [4.69, 9.17) is 14.4 Å². The van der Waals surface area contributed by atoms with Crippen LogP contribution >= 0.6 is 0 Å². The maximum Gasteiger partial charge on any atom is 3.00 e. The van der Waals surface area contributed by atoms with Gasteiger partial charge in [-0.25, -0.2) is 0 Å². The van der Waals surface area contributed by atoms with Gasteiger partial charge >= 0.3 is 35.9 Å². The zero-order valence-corrected chi connectivity index (χ0v) is 17.4. The Bertz CT molecular complexity index is 427. The first-order valence-electron chi connectivity index (χ1n) is 6.56. The number of hydrogen-bond donors (Lipinski definition) is 0. The van der Waals surface area contributed by atoms with Crippen LogP contribution in [0.25, 0.3) is 0 Å². The monoisotopic (exact) mass is 492 g/mol. The van der Waals surface area contributed by atoms with Crippen LogP contribution in [0.15, 0.2) is 37.0 Å². The van der Waals surface area contributed by atoms with Gasteiger partial charge in [-0.2, -0.15) is 39.5 Å². The number of rotatable bonds is 0. The van der Waals surface area contributed by atoms with Crippen LogP contribution in [0.3, 0.4) is 0 Å². The summed E-state index contributed by atoms with van der Waals surface area (Å²) < 4.78 is 96.9. The normalized spacial score (nSPS) is 8.90. The van der Waals surface area contributed by atoms with Gasteiger partial charge in [0.15, 0.2) is 0 Å². The van der Waals surface area contributed by atoms with Gasteiger partial charge in [0, 0.05) is 0 Å². The molecule has 0 aromatic heterocycles. The molecule has 0 saturated carbocycles. The number of carbonyl (C=O) groups excluding carboxylic acids is 3. The molecule has 0 aromatic carbocycles. The summed E-state index contributed by atoms with van der Waals surface area (Å²) in [6.45, 7) is 10.8. The molecule has 0 amide bonds. The molecule has 31 heavy (non-hydrogen) atoms. The second-order valence-electron chi connectivity index (χ2n) is 3.47. The van der Waals surface area contributed by atoms with E-state index in [2.05, 4.69) is 19.7 Å². The van der Waals surface area contributed by atoms with Crippen molar-refractivity contribution in [2.45, 2.75) is 39.3 Å². The maximum absolute atomic E-state index is 10.8. The summed E-state index contributed by atoms with van der Waals surface area (Å²) in [6.07, 6.45) is -12.0. The molecule has 0 fully saturated rings. The number of aldehydes is 3. The van der Waals surface area contributed by atoms with Crippen LogP contribution in [0.5, 0.6) is 0 Å². The van der Waals surface area contributed by atoms with Gasteiger partial charge in [-0.15, -0.1) is 19.7 Å². The van der Waals surface area contributed by atoms with Crippen molar-refractivity contribution >= 4 is 36.2 Å². The third-order valence-corrected chi connectivity index (χ3v) is 0.949. The number of carbonyl (C=O) groups is 3. The molecular weight excluding hydrogens is 474 g/mol. The molecule has 0 radical (unpaired) electrons. The van der Waals surface area contributed by atoms with Crippen molar-refractivity contribution in [3.8, 4) is 0 Å². The summed E-state index contributed by atoms with van der Waals surface area (Å²) >= 11 is 0. The van der Waals surface area contributed by atoms with Gasteiger partial charge in [0.05, 0.1) is 0 Å². The molecule has 0 aliphatic carbocycles. The second kappa shape index (κ2) is 25.6. The van der Waals surface area contributed by atoms with Crippen molar-refractivity contribution in [2.24, 2.45) is 0 Å². The minimum atomic E-state index is -4.75. The fourth-order valence-corrected chi connectivity index (χ4v) is 0. The quantitative estimate of drug-likeness (QED) is 0.219. The average molecular weight is 492 g/mol. The first kappa shape index (κ1) is 46.6. The van der Waals surface area contributed by atoms with Crippen LogP contribution in [0.4, 0.5) is 39.5 Å². The number of hydrogen-bond acceptors (Lipinski definition) is 6. The van der Waals surface area contributed by atoms with E-state index < -0.39 is 35.8 Å². The Morgan fingerprint density at radius 1 is 0.548 bits per heavy atom. The van der Waals surface area contributed by atoms with Crippen molar-refractivity contribution < 1.29 is 69.2 Å². The zero-order valence-electron chi connectivity index (χ0n) is 16.3. The molecule has 0 spiro atoms. The molecule has 0 rings (SSSR count). The summed E-state index contributed by atoms with van der Waals surface area (Å²) in [5.41, 5.74) is 0. The van der Waals surface area contributed by atoms with E-state index in [-0.39, 0.29) is 17.4 Å². The topological polar surface area (TPSA) is 120 Å². The van der Waals surface area contributed by atoms with Crippen LogP contribution in [0, 0.1) is 0 Å². The predicted octanol–water partition coefficient (Wildman–Crippen LogP) is 1.50. The Hall–Kier alpha value is -2.47. The second-order valence-corrected chi connectivity index (χ2v) is 3.47. The minimum Gasteiger partial charge on any atom is -0.870 e. The van der Waals surface area contributed by atoms with Crippen molar-refractivity contribution in [3.05, 3.63) is 37.0 Å². The molecule has 0 N–H and O–H groups in total. The van der Waals surface area contributed by atoms with E-state index in [1.54, 1.807) is 0 Å². The molecule has 0 atom stereocenters. The number of halogens is 9. The van der Waals surface area contributed by atoms with E-state index in [0.717, 1.165) is 18.9 Å². The standard InChI is InChI=1S/3C3H3F3O.3C2H4O.Al/c3*1-2(7)3(4,5)6;3*1-2-3;/h3*7H,1H2;3*2H,1H3;/q;;;;;;+3/p-3. The molecular formula is C15H18AlF9O6. The van der Waals surface area contributed by atoms with E-state index in [1.165, 1.54) is 20.8 Å². The van der Waals surface area contributed by atoms with E-state index >= 15 is 0 Å². The minimum absolute atomic E-state index is 0. The fourth-order valence-electron chi connectivity index (χ4n) is 0. The van der Waals surface area contributed by atoms with Crippen molar-refractivity contribution in [1.29, 1.82) is 0 Å². The first-order valence-corrected chi connectivity index (χ1v) is 6.56. The van der Waals surface area contributed by atoms with Gasteiger partial charge in [0.1, 0.15) is 18.9 Å². The summed E-state index contributed by atoms with van der Waals surface area (Å²) in [5, 5.41) is 27.7. The van der Waals surface area contributed by atoms with Crippen LogP contribution in [0.1, 0.15) is 20.8 Å². The third-order valence-electron chi connectivity index (χ3n) is 0.949. The van der Waals surface area contributed by atoms with Crippen LogP contribution in [-0.2, 0) is 14.4 Å². The average Bonchev–Trinajstić information content (AvgIpc) is 2.47. The van der Waals surface area contributed by atoms with Gasteiger partial charge in [0.2, 0.25) is 0 Å².